The average molecular weight is 348 g/mol. The number of aryl methyl sites for hydroxylation is 1. The minimum absolute atomic E-state index is 0.0600. The molecule has 2 saturated heterocycles. The predicted octanol–water partition coefficient (Wildman–Crippen LogP) is 0.657. The van der Waals surface area contributed by atoms with E-state index in [-0.39, 0.29) is 18.2 Å². The number of hydrogen-bond donors (Lipinski definition) is 2. The lowest BCUT2D eigenvalue weighted by Crippen LogP contribution is -2.56. The van der Waals surface area contributed by atoms with Crippen molar-refractivity contribution in [2.45, 2.75) is 44.1 Å². The number of carbonyl (C=O) groups excluding carboxylic acids is 2. The Labute approximate surface area is 146 Å². The molecule has 1 spiro atoms. The molecule has 1 atom stereocenters. The summed E-state index contributed by atoms with van der Waals surface area (Å²) < 4.78 is 0. The summed E-state index contributed by atoms with van der Waals surface area (Å²) in [5.74, 6) is -1.62. The van der Waals surface area contributed by atoms with Crippen LogP contribution in [0.4, 0.5) is 0 Å². The van der Waals surface area contributed by atoms with Gasteiger partial charge in [0.2, 0.25) is 11.8 Å². The number of rotatable bonds is 5. The number of piperidine rings is 1. The van der Waals surface area contributed by atoms with E-state index in [0.29, 0.717) is 32.4 Å². The van der Waals surface area contributed by atoms with Crippen LogP contribution in [0, 0.1) is 5.92 Å². The molecule has 8 nitrogen and oxygen atoms in total. The van der Waals surface area contributed by atoms with Gasteiger partial charge < -0.3 is 14.9 Å². The van der Waals surface area contributed by atoms with Gasteiger partial charge in [-0.05, 0) is 31.2 Å². The molecule has 25 heavy (non-hydrogen) atoms. The van der Waals surface area contributed by atoms with Crippen LogP contribution in [0.2, 0.25) is 0 Å². The van der Waals surface area contributed by atoms with E-state index in [0.717, 1.165) is 18.4 Å². The number of aliphatic carboxylic acids is 1. The number of H-pyrrole nitrogens is 1. The zero-order chi connectivity index (χ0) is 18.0. The predicted molar refractivity (Wildman–Crippen MR) is 88.6 cm³/mol. The Balaban J connectivity index is 1.54. The normalized spacial score (nSPS) is 22.6. The highest BCUT2D eigenvalue weighted by molar-refractivity contribution is 5.88. The van der Waals surface area contributed by atoms with Crippen molar-refractivity contribution in [3.63, 3.8) is 0 Å². The van der Waals surface area contributed by atoms with Gasteiger partial charge in [0.05, 0.1) is 17.7 Å². The number of nitrogens with one attached hydrogen (secondary N) is 1. The van der Waals surface area contributed by atoms with E-state index in [4.69, 9.17) is 0 Å². The zero-order valence-electron chi connectivity index (χ0n) is 14.4. The molecule has 2 amide bonds. The van der Waals surface area contributed by atoms with Crippen molar-refractivity contribution < 1.29 is 19.5 Å². The lowest BCUT2D eigenvalue weighted by atomic mass is 9.77. The van der Waals surface area contributed by atoms with Gasteiger partial charge in [0.15, 0.2) is 0 Å². The van der Waals surface area contributed by atoms with E-state index >= 15 is 0 Å². The number of amides is 2. The van der Waals surface area contributed by atoms with Crippen LogP contribution in [0.5, 0.6) is 0 Å². The molecule has 2 aliphatic heterocycles. The van der Waals surface area contributed by atoms with Crippen LogP contribution in [0.25, 0.3) is 0 Å². The van der Waals surface area contributed by atoms with Crippen LogP contribution < -0.4 is 0 Å². The van der Waals surface area contributed by atoms with Gasteiger partial charge in [0.25, 0.3) is 0 Å². The third kappa shape index (κ3) is 3.25. The fraction of sp³-hybridized carbons (Fsp3) is 0.647. The first-order valence-corrected chi connectivity index (χ1v) is 8.69. The number of carboxylic acids is 1. The van der Waals surface area contributed by atoms with E-state index in [2.05, 4.69) is 10.2 Å². The minimum atomic E-state index is -0.919. The molecule has 0 aromatic carbocycles. The second kappa shape index (κ2) is 6.85. The molecule has 0 bridgehead atoms. The molecule has 3 rings (SSSR count). The van der Waals surface area contributed by atoms with Crippen LogP contribution in [0.3, 0.4) is 0 Å². The van der Waals surface area contributed by atoms with Gasteiger partial charge >= 0.3 is 5.97 Å². The number of hydrogen-bond acceptors (Lipinski definition) is 4. The van der Waals surface area contributed by atoms with E-state index < -0.39 is 17.4 Å². The molecule has 2 N–H and O–H groups in total. The van der Waals surface area contributed by atoms with Crippen molar-refractivity contribution in [3.05, 3.63) is 18.0 Å². The molecule has 2 aliphatic rings. The van der Waals surface area contributed by atoms with Gasteiger partial charge in [-0.25, -0.2) is 0 Å². The summed E-state index contributed by atoms with van der Waals surface area (Å²) >= 11 is 0. The standard InChI is InChI=1S/C17H24N4O4/c1-20-15(23)9-13(16(24)25)17(20)5-7-21(8-6-17)14(22)4-2-3-12-10-18-19-11-12/h10-11,13H,2-9H2,1H3,(H,18,19)(H,24,25). The number of likely N-dealkylation sites (tertiary alicyclic amines) is 2. The molecular formula is C17H24N4O4. The third-order valence-electron chi connectivity index (χ3n) is 5.76. The Morgan fingerprint density at radius 2 is 2.12 bits per heavy atom. The highest BCUT2D eigenvalue weighted by atomic mass is 16.4. The molecule has 0 radical (unpaired) electrons. The van der Waals surface area contributed by atoms with Gasteiger partial charge in [-0.15, -0.1) is 0 Å². The molecular weight excluding hydrogens is 324 g/mol. The Morgan fingerprint density at radius 3 is 2.72 bits per heavy atom. The zero-order valence-corrected chi connectivity index (χ0v) is 14.4. The third-order valence-corrected chi connectivity index (χ3v) is 5.76. The number of aromatic amines is 1. The Bertz CT molecular complexity index is 650. The Hall–Kier alpha value is -2.38. The quantitative estimate of drug-likeness (QED) is 0.813. The largest absolute Gasteiger partial charge is 0.481 e. The molecule has 0 aliphatic carbocycles. The fourth-order valence-corrected chi connectivity index (χ4v) is 4.14. The van der Waals surface area contributed by atoms with Crippen LogP contribution in [-0.2, 0) is 20.8 Å². The molecule has 3 heterocycles. The van der Waals surface area contributed by atoms with Gasteiger partial charge in [-0.3, -0.25) is 19.5 Å². The van der Waals surface area contributed by atoms with Crippen LogP contribution in [0.15, 0.2) is 12.4 Å². The van der Waals surface area contributed by atoms with Crippen molar-refractivity contribution in [1.82, 2.24) is 20.0 Å². The summed E-state index contributed by atoms with van der Waals surface area (Å²) in [4.78, 5) is 39.4. The second-order valence-corrected chi connectivity index (χ2v) is 6.99. The van der Waals surface area contributed by atoms with Crippen molar-refractivity contribution >= 4 is 17.8 Å². The number of carboxylic acid groups (broad SMARTS) is 1. The van der Waals surface area contributed by atoms with Gasteiger partial charge in [-0.1, -0.05) is 0 Å². The lowest BCUT2D eigenvalue weighted by Gasteiger charge is -2.45. The number of aromatic nitrogens is 2. The van der Waals surface area contributed by atoms with E-state index in [9.17, 15) is 19.5 Å². The first-order valence-electron chi connectivity index (χ1n) is 8.69. The number of carbonyl (C=O) groups is 3. The van der Waals surface area contributed by atoms with Crippen molar-refractivity contribution in [2.75, 3.05) is 20.1 Å². The Kier molecular flexibility index (Phi) is 4.78. The van der Waals surface area contributed by atoms with E-state index in [1.807, 2.05) is 6.20 Å². The summed E-state index contributed by atoms with van der Waals surface area (Å²) in [6.07, 6.45) is 6.73. The van der Waals surface area contributed by atoms with E-state index in [1.54, 1.807) is 23.0 Å². The molecule has 1 aromatic rings. The van der Waals surface area contributed by atoms with Crippen LogP contribution >= 0.6 is 0 Å². The monoisotopic (exact) mass is 348 g/mol. The minimum Gasteiger partial charge on any atom is -0.481 e. The molecule has 1 aromatic heterocycles. The van der Waals surface area contributed by atoms with Gasteiger partial charge in [0, 0.05) is 39.2 Å². The van der Waals surface area contributed by atoms with Gasteiger partial charge in [0.1, 0.15) is 0 Å². The number of nitrogens with zero attached hydrogens (tertiary/aromatic N) is 3. The van der Waals surface area contributed by atoms with Crippen molar-refractivity contribution in [3.8, 4) is 0 Å². The summed E-state index contributed by atoms with van der Waals surface area (Å²) in [6.45, 7) is 1.01. The molecule has 8 heteroatoms. The summed E-state index contributed by atoms with van der Waals surface area (Å²) in [6, 6.07) is 0. The maximum absolute atomic E-state index is 12.4. The molecule has 0 saturated carbocycles. The summed E-state index contributed by atoms with van der Waals surface area (Å²) in [7, 11) is 1.69. The highest BCUT2D eigenvalue weighted by Crippen LogP contribution is 2.42. The Morgan fingerprint density at radius 1 is 1.40 bits per heavy atom. The summed E-state index contributed by atoms with van der Waals surface area (Å²) in [5.41, 5.74) is 0.442. The molecule has 1 unspecified atom stereocenters. The van der Waals surface area contributed by atoms with Crippen molar-refractivity contribution in [2.24, 2.45) is 5.92 Å². The van der Waals surface area contributed by atoms with E-state index in [1.165, 1.54) is 0 Å². The van der Waals surface area contributed by atoms with Crippen LogP contribution in [0.1, 0.15) is 37.7 Å². The lowest BCUT2D eigenvalue weighted by molar-refractivity contribution is -0.147. The topological polar surface area (TPSA) is 107 Å². The second-order valence-electron chi connectivity index (χ2n) is 6.99. The molecule has 2 fully saturated rings. The maximum atomic E-state index is 12.4. The maximum Gasteiger partial charge on any atom is 0.309 e. The smallest absolute Gasteiger partial charge is 0.309 e. The van der Waals surface area contributed by atoms with Crippen molar-refractivity contribution in [1.29, 1.82) is 0 Å². The average Bonchev–Trinajstić information content (AvgIpc) is 3.19. The first kappa shape index (κ1) is 17.4. The highest BCUT2D eigenvalue weighted by Gasteiger charge is 2.55. The molecule has 136 valence electrons. The summed E-state index contributed by atoms with van der Waals surface area (Å²) in [5, 5.41) is 16.1. The van der Waals surface area contributed by atoms with Gasteiger partial charge in [-0.2, -0.15) is 5.10 Å². The van der Waals surface area contributed by atoms with Crippen LogP contribution in [-0.4, -0.2) is 68.6 Å². The SMILES string of the molecule is CN1C(=O)CC(C(=O)O)C12CCN(C(=O)CCCc1cn[nH]c1)CC2. The fourth-order valence-electron chi connectivity index (χ4n) is 4.14. The first-order chi connectivity index (χ1) is 11.9.